The van der Waals surface area contributed by atoms with Gasteiger partial charge in [-0.15, -0.1) is 6.58 Å². The first kappa shape index (κ1) is 9.53. The number of piperidine rings is 1. The molecule has 0 spiro atoms. The van der Waals surface area contributed by atoms with Crippen LogP contribution in [0.5, 0.6) is 0 Å². The Morgan fingerprint density at radius 2 is 2.33 bits per heavy atom. The topological polar surface area (TPSA) is 12.0 Å². The molecule has 1 rings (SSSR count). The van der Waals surface area contributed by atoms with Crippen molar-refractivity contribution < 1.29 is 0 Å². The van der Waals surface area contributed by atoms with Gasteiger partial charge < -0.3 is 5.32 Å². The van der Waals surface area contributed by atoms with Crippen LogP contribution in [0.25, 0.3) is 0 Å². The van der Waals surface area contributed by atoms with Crippen molar-refractivity contribution in [2.75, 3.05) is 13.1 Å². The normalized spacial score (nSPS) is 24.5. The quantitative estimate of drug-likeness (QED) is 0.631. The summed E-state index contributed by atoms with van der Waals surface area (Å²) in [6.07, 6.45) is 11.4. The lowest BCUT2D eigenvalue weighted by Gasteiger charge is -2.21. The Labute approximate surface area is 75.6 Å². The van der Waals surface area contributed by atoms with Gasteiger partial charge in [0.15, 0.2) is 0 Å². The fourth-order valence-electron chi connectivity index (χ4n) is 1.61. The van der Waals surface area contributed by atoms with E-state index in [0.717, 1.165) is 12.3 Å². The molecule has 1 atom stereocenters. The summed E-state index contributed by atoms with van der Waals surface area (Å²) < 4.78 is 0. The molecule has 0 bridgehead atoms. The summed E-state index contributed by atoms with van der Waals surface area (Å²) in [4.78, 5) is 0. The zero-order chi connectivity index (χ0) is 8.65. The lowest BCUT2D eigenvalue weighted by atomic mass is 9.96. The van der Waals surface area contributed by atoms with Gasteiger partial charge in [-0.25, -0.2) is 0 Å². The number of hydrogen-bond acceptors (Lipinski definition) is 1. The summed E-state index contributed by atoms with van der Waals surface area (Å²) in [5, 5.41) is 3.42. The highest BCUT2D eigenvalue weighted by molar-refractivity contribution is 4.90. The summed E-state index contributed by atoms with van der Waals surface area (Å²) in [6.45, 7) is 6.10. The van der Waals surface area contributed by atoms with Crippen LogP contribution in [-0.4, -0.2) is 13.1 Å². The minimum Gasteiger partial charge on any atom is -0.316 e. The molecule has 0 aromatic rings. The molecule has 12 heavy (non-hydrogen) atoms. The van der Waals surface area contributed by atoms with Gasteiger partial charge in [0, 0.05) is 0 Å². The maximum Gasteiger partial charge on any atom is -0.00175 e. The van der Waals surface area contributed by atoms with E-state index in [1.165, 1.54) is 32.4 Å². The summed E-state index contributed by atoms with van der Waals surface area (Å²) in [6, 6.07) is 0. The molecule has 0 saturated carbocycles. The lowest BCUT2D eigenvalue weighted by molar-refractivity contribution is 0.381. The Balaban J connectivity index is 2.08. The average Bonchev–Trinajstić information content (AvgIpc) is 2.14. The predicted molar refractivity (Wildman–Crippen MR) is 54.2 cm³/mol. The third-order valence-electron chi connectivity index (χ3n) is 2.34. The second kappa shape index (κ2) is 6.01. The van der Waals surface area contributed by atoms with Gasteiger partial charge in [0.2, 0.25) is 0 Å². The lowest BCUT2D eigenvalue weighted by Crippen LogP contribution is -2.29. The van der Waals surface area contributed by atoms with Crippen molar-refractivity contribution >= 4 is 0 Å². The molecule has 1 heterocycles. The van der Waals surface area contributed by atoms with Crippen LogP contribution in [0.1, 0.15) is 25.7 Å². The Kier molecular flexibility index (Phi) is 4.77. The fourth-order valence-corrected chi connectivity index (χ4v) is 1.61. The second-order valence-corrected chi connectivity index (χ2v) is 3.44. The van der Waals surface area contributed by atoms with E-state index < -0.39 is 0 Å². The van der Waals surface area contributed by atoms with Gasteiger partial charge in [-0.2, -0.15) is 0 Å². The highest BCUT2D eigenvalue weighted by Gasteiger charge is 2.10. The van der Waals surface area contributed by atoms with E-state index in [-0.39, 0.29) is 0 Å². The van der Waals surface area contributed by atoms with E-state index in [1.54, 1.807) is 0 Å². The van der Waals surface area contributed by atoms with Crippen LogP contribution in [0.4, 0.5) is 0 Å². The van der Waals surface area contributed by atoms with E-state index >= 15 is 0 Å². The smallest absolute Gasteiger partial charge is 0.00175 e. The van der Waals surface area contributed by atoms with E-state index in [2.05, 4.69) is 24.0 Å². The molecule has 1 aliphatic rings. The molecule has 0 amide bonds. The Hall–Kier alpha value is -0.560. The number of nitrogens with one attached hydrogen (secondary N) is 1. The summed E-state index contributed by atoms with van der Waals surface area (Å²) in [5.41, 5.74) is 0. The molecule has 1 unspecified atom stereocenters. The zero-order valence-electron chi connectivity index (χ0n) is 7.76. The summed E-state index contributed by atoms with van der Waals surface area (Å²) in [7, 11) is 0. The highest BCUT2D eigenvalue weighted by atomic mass is 14.9. The first-order valence-corrected chi connectivity index (χ1v) is 4.90. The first-order valence-electron chi connectivity index (χ1n) is 4.90. The fraction of sp³-hybridized carbons (Fsp3) is 0.636. The Morgan fingerprint density at radius 3 is 3.00 bits per heavy atom. The Morgan fingerprint density at radius 1 is 1.42 bits per heavy atom. The van der Waals surface area contributed by atoms with E-state index in [1.807, 2.05) is 6.08 Å². The number of hydrogen-bond donors (Lipinski definition) is 1. The molecular weight excluding hydrogens is 146 g/mol. The average molecular weight is 165 g/mol. The molecule has 1 aliphatic heterocycles. The summed E-state index contributed by atoms with van der Waals surface area (Å²) >= 11 is 0. The van der Waals surface area contributed by atoms with Gasteiger partial charge >= 0.3 is 0 Å². The molecule has 0 aliphatic carbocycles. The van der Waals surface area contributed by atoms with E-state index in [0.29, 0.717) is 0 Å². The van der Waals surface area contributed by atoms with Crippen LogP contribution in [0.2, 0.25) is 0 Å². The number of allylic oxidation sites excluding steroid dienone is 3. The van der Waals surface area contributed by atoms with E-state index in [4.69, 9.17) is 0 Å². The van der Waals surface area contributed by atoms with Crippen LogP contribution >= 0.6 is 0 Å². The zero-order valence-corrected chi connectivity index (χ0v) is 7.76. The van der Waals surface area contributed by atoms with Crippen LogP contribution in [0.15, 0.2) is 24.8 Å². The van der Waals surface area contributed by atoms with Crippen molar-refractivity contribution in [1.82, 2.24) is 5.32 Å². The standard InChI is InChI=1S/C11H19N/c1-2-3-4-5-7-11-8-6-9-12-10-11/h2,4-5,11-12H,1,3,6-10H2. The molecule has 1 nitrogen and oxygen atoms in total. The maximum absolute atomic E-state index is 3.68. The van der Waals surface area contributed by atoms with Crippen LogP contribution in [-0.2, 0) is 0 Å². The number of rotatable bonds is 4. The monoisotopic (exact) mass is 165 g/mol. The Bertz CT molecular complexity index is 143. The van der Waals surface area contributed by atoms with Crippen molar-refractivity contribution in [3.05, 3.63) is 24.8 Å². The third kappa shape index (κ3) is 3.72. The minimum absolute atomic E-state index is 0.875. The highest BCUT2D eigenvalue weighted by Crippen LogP contribution is 2.14. The predicted octanol–water partition coefficient (Wildman–Crippen LogP) is 2.51. The van der Waals surface area contributed by atoms with Gasteiger partial charge in [-0.05, 0) is 44.7 Å². The van der Waals surface area contributed by atoms with Crippen molar-refractivity contribution in [1.29, 1.82) is 0 Å². The molecule has 1 heteroatoms. The molecule has 1 fully saturated rings. The van der Waals surface area contributed by atoms with Gasteiger partial charge in [-0.3, -0.25) is 0 Å². The third-order valence-corrected chi connectivity index (χ3v) is 2.34. The van der Waals surface area contributed by atoms with Crippen LogP contribution < -0.4 is 5.32 Å². The molecule has 0 radical (unpaired) electrons. The molecule has 0 aromatic carbocycles. The van der Waals surface area contributed by atoms with Gasteiger partial charge in [0.25, 0.3) is 0 Å². The molecule has 1 saturated heterocycles. The van der Waals surface area contributed by atoms with Crippen LogP contribution in [0.3, 0.4) is 0 Å². The van der Waals surface area contributed by atoms with Crippen molar-refractivity contribution in [3.8, 4) is 0 Å². The molecule has 0 aromatic heterocycles. The maximum atomic E-state index is 3.68. The van der Waals surface area contributed by atoms with E-state index in [9.17, 15) is 0 Å². The van der Waals surface area contributed by atoms with Crippen molar-refractivity contribution in [2.45, 2.75) is 25.7 Å². The SMILES string of the molecule is C=CCC=CCC1CCCNC1. The molecular formula is C11H19N. The minimum atomic E-state index is 0.875. The van der Waals surface area contributed by atoms with Crippen molar-refractivity contribution in [3.63, 3.8) is 0 Å². The van der Waals surface area contributed by atoms with Gasteiger partial charge in [0.1, 0.15) is 0 Å². The largest absolute Gasteiger partial charge is 0.316 e. The van der Waals surface area contributed by atoms with Gasteiger partial charge in [-0.1, -0.05) is 18.2 Å². The molecule has 68 valence electrons. The van der Waals surface area contributed by atoms with Crippen LogP contribution in [0, 0.1) is 5.92 Å². The second-order valence-electron chi connectivity index (χ2n) is 3.44. The van der Waals surface area contributed by atoms with Crippen molar-refractivity contribution in [2.24, 2.45) is 5.92 Å². The summed E-state index contributed by atoms with van der Waals surface area (Å²) in [5.74, 6) is 0.875. The molecule has 1 N–H and O–H groups in total. The van der Waals surface area contributed by atoms with Gasteiger partial charge in [0.05, 0.1) is 0 Å². The first-order chi connectivity index (χ1) is 5.93.